The Bertz CT molecular complexity index is 683. The first-order valence-electron chi connectivity index (χ1n) is 5.23. The Morgan fingerprint density at radius 1 is 0.750 bits per heavy atom. The zero-order valence-corrected chi connectivity index (χ0v) is 14.4. The summed E-state index contributed by atoms with van der Waals surface area (Å²) < 4.78 is 5.09. The Morgan fingerprint density at radius 2 is 1.40 bits per heavy atom. The van der Waals surface area contributed by atoms with Gasteiger partial charge in [-0.2, -0.15) is 0 Å². The van der Waals surface area contributed by atoms with Crippen LogP contribution < -0.4 is 4.74 Å². The highest BCUT2D eigenvalue weighted by Crippen LogP contribution is 2.48. The molecule has 0 saturated heterocycles. The third kappa shape index (κ3) is 2.81. The van der Waals surface area contributed by atoms with Crippen LogP contribution in [0.2, 0.25) is 30.1 Å². The van der Waals surface area contributed by atoms with Crippen molar-refractivity contribution in [1.82, 2.24) is 0 Å². The van der Waals surface area contributed by atoms with Gasteiger partial charge in [0, 0.05) is 17.2 Å². The summed E-state index contributed by atoms with van der Waals surface area (Å²) in [4.78, 5) is 0. The predicted octanol–water partition coefficient (Wildman–Crippen LogP) is 7.28. The van der Waals surface area contributed by atoms with E-state index in [4.69, 9.17) is 74.3 Å². The van der Waals surface area contributed by atoms with Crippen LogP contribution in [0.5, 0.6) is 5.75 Å². The van der Waals surface area contributed by atoms with Gasteiger partial charge in [0.05, 0.1) is 32.2 Å². The number of halogens is 6. The summed E-state index contributed by atoms with van der Waals surface area (Å²) in [5.74, 6) is 0.376. The summed E-state index contributed by atoms with van der Waals surface area (Å²) in [5, 5.41) is 1.64. The van der Waals surface area contributed by atoms with Crippen molar-refractivity contribution in [1.29, 1.82) is 0 Å². The van der Waals surface area contributed by atoms with E-state index in [0.717, 1.165) is 0 Å². The zero-order valence-electron chi connectivity index (χ0n) is 9.91. The summed E-state index contributed by atoms with van der Waals surface area (Å²) in [6, 6.07) is 4.84. The van der Waals surface area contributed by atoms with Crippen molar-refractivity contribution >= 4 is 69.6 Å². The molecule has 1 nitrogen and oxygen atoms in total. The molecule has 2 aromatic rings. The van der Waals surface area contributed by atoms with Crippen LogP contribution in [0.4, 0.5) is 0 Å². The Labute approximate surface area is 146 Å². The molecule has 0 fully saturated rings. The summed E-state index contributed by atoms with van der Waals surface area (Å²) in [7, 11) is 1.47. The van der Waals surface area contributed by atoms with Gasteiger partial charge in [0.2, 0.25) is 0 Å². The fourth-order valence-corrected chi connectivity index (χ4v) is 3.18. The fraction of sp³-hybridized carbons (Fsp3) is 0.0769. The molecule has 0 amide bonds. The maximum absolute atomic E-state index is 6.25. The third-order valence-corrected chi connectivity index (χ3v) is 5.09. The van der Waals surface area contributed by atoms with Gasteiger partial charge in [-0.3, -0.25) is 0 Å². The number of ether oxygens (including phenoxy) is 1. The molecule has 0 aliphatic heterocycles. The third-order valence-electron chi connectivity index (χ3n) is 2.65. The molecule has 0 heterocycles. The minimum atomic E-state index is 0.227. The van der Waals surface area contributed by atoms with Crippen LogP contribution in [0.25, 0.3) is 11.1 Å². The smallest absolute Gasteiger partial charge is 0.140 e. The Balaban J connectivity index is 2.77. The SMILES string of the molecule is COc1cc(Cl)c(-c2ccc(Cl)c(Cl)c2Cl)c(Cl)c1Cl. The standard InChI is InChI=1S/C13H6Cl6O/c1-20-8-4-7(15)9(13(19)12(8)18)5-2-3-6(14)11(17)10(5)16/h2-4H,1H3. The van der Waals surface area contributed by atoms with Crippen molar-refractivity contribution < 1.29 is 4.74 Å². The first-order valence-corrected chi connectivity index (χ1v) is 7.50. The van der Waals surface area contributed by atoms with Crippen molar-refractivity contribution in [2.45, 2.75) is 0 Å². The van der Waals surface area contributed by atoms with Gasteiger partial charge in [0.25, 0.3) is 0 Å². The number of methoxy groups -OCH3 is 1. The quantitative estimate of drug-likeness (QED) is 0.386. The van der Waals surface area contributed by atoms with Gasteiger partial charge < -0.3 is 4.74 Å². The number of benzene rings is 2. The summed E-state index contributed by atoms with van der Waals surface area (Å²) in [5.41, 5.74) is 1.02. The molecule has 0 radical (unpaired) electrons. The van der Waals surface area contributed by atoms with E-state index in [9.17, 15) is 0 Å². The molecule has 0 aliphatic rings. The highest BCUT2D eigenvalue weighted by atomic mass is 35.5. The second kappa shape index (κ2) is 6.39. The largest absolute Gasteiger partial charge is 0.495 e. The Morgan fingerprint density at radius 3 is 2.00 bits per heavy atom. The van der Waals surface area contributed by atoms with Gasteiger partial charge in [0.1, 0.15) is 10.8 Å². The highest BCUT2D eigenvalue weighted by Gasteiger charge is 2.20. The lowest BCUT2D eigenvalue weighted by Gasteiger charge is -2.14. The van der Waals surface area contributed by atoms with Gasteiger partial charge in [-0.15, -0.1) is 0 Å². The number of rotatable bonds is 2. The van der Waals surface area contributed by atoms with Gasteiger partial charge >= 0.3 is 0 Å². The average molecular weight is 391 g/mol. The van der Waals surface area contributed by atoms with E-state index in [0.29, 0.717) is 26.9 Å². The first kappa shape index (κ1) is 16.4. The van der Waals surface area contributed by atoms with Crippen LogP contribution in [0, 0.1) is 0 Å². The van der Waals surface area contributed by atoms with Crippen molar-refractivity contribution in [2.75, 3.05) is 7.11 Å². The van der Waals surface area contributed by atoms with Crippen molar-refractivity contribution in [2.24, 2.45) is 0 Å². The van der Waals surface area contributed by atoms with E-state index in [-0.39, 0.29) is 20.1 Å². The minimum absolute atomic E-state index is 0.227. The minimum Gasteiger partial charge on any atom is -0.495 e. The van der Waals surface area contributed by atoms with Gasteiger partial charge in [-0.05, 0) is 6.07 Å². The topological polar surface area (TPSA) is 9.23 Å². The number of hydrogen-bond acceptors (Lipinski definition) is 1. The zero-order chi connectivity index (χ0) is 15.0. The fourth-order valence-electron chi connectivity index (χ4n) is 1.69. The van der Waals surface area contributed by atoms with Gasteiger partial charge in [-0.25, -0.2) is 0 Å². The molecule has 2 rings (SSSR count). The summed E-state index contributed by atoms with van der Waals surface area (Å²) in [6.45, 7) is 0. The Hall–Kier alpha value is -0.0200. The van der Waals surface area contributed by atoms with Crippen molar-refractivity contribution in [3.05, 3.63) is 48.3 Å². The molecule has 0 aliphatic carbocycles. The maximum atomic E-state index is 6.25. The molecule has 0 unspecified atom stereocenters. The van der Waals surface area contributed by atoms with Crippen LogP contribution in [0.3, 0.4) is 0 Å². The van der Waals surface area contributed by atoms with Crippen LogP contribution in [0.1, 0.15) is 0 Å². The van der Waals surface area contributed by atoms with Crippen LogP contribution in [-0.2, 0) is 0 Å². The summed E-state index contributed by atoms with van der Waals surface area (Å²) >= 11 is 36.7. The van der Waals surface area contributed by atoms with Crippen molar-refractivity contribution in [3.63, 3.8) is 0 Å². The van der Waals surface area contributed by atoms with E-state index in [1.165, 1.54) is 7.11 Å². The maximum Gasteiger partial charge on any atom is 0.140 e. The van der Waals surface area contributed by atoms with Crippen LogP contribution in [0.15, 0.2) is 18.2 Å². The lowest BCUT2D eigenvalue weighted by atomic mass is 10.1. The van der Waals surface area contributed by atoms with E-state index >= 15 is 0 Å². The second-order valence-corrected chi connectivity index (χ2v) is 6.11. The van der Waals surface area contributed by atoms with E-state index < -0.39 is 0 Å². The van der Waals surface area contributed by atoms with Crippen LogP contribution >= 0.6 is 69.6 Å². The molecule has 0 atom stereocenters. The molecule has 20 heavy (non-hydrogen) atoms. The molecule has 0 spiro atoms. The molecule has 0 saturated carbocycles. The lowest BCUT2D eigenvalue weighted by Crippen LogP contribution is -1.90. The van der Waals surface area contributed by atoms with Crippen LogP contribution in [-0.4, -0.2) is 7.11 Å². The predicted molar refractivity (Wildman–Crippen MR) is 88.5 cm³/mol. The van der Waals surface area contributed by atoms with E-state index in [1.54, 1.807) is 18.2 Å². The monoisotopic (exact) mass is 388 g/mol. The summed E-state index contributed by atoms with van der Waals surface area (Å²) in [6.07, 6.45) is 0. The normalized spacial score (nSPS) is 10.8. The van der Waals surface area contributed by atoms with E-state index in [2.05, 4.69) is 0 Å². The molecular weight excluding hydrogens is 385 g/mol. The molecule has 0 N–H and O–H groups in total. The average Bonchev–Trinajstić information content (AvgIpc) is 2.42. The molecule has 0 aromatic heterocycles. The van der Waals surface area contributed by atoms with Crippen molar-refractivity contribution in [3.8, 4) is 16.9 Å². The second-order valence-electron chi connectivity index (χ2n) is 3.79. The molecule has 7 heteroatoms. The molecular formula is C13H6Cl6O. The number of hydrogen-bond donors (Lipinski definition) is 0. The molecule has 2 aromatic carbocycles. The molecule has 0 bridgehead atoms. The first-order chi connectivity index (χ1) is 9.38. The van der Waals surface area contributed by atoms with Gasteiger partial charge in [0.15, 0.2) is 0 Å². The highest BCUT2D eigenvalue weighted by molar-refractivity contribution is 6.51. The van der Waals surface area contributed by atoms with E-state index in [1.807, 2.05) is 0 Å². The lowest BCUT2D eigenvalue weighted by molar-refractivity contribution is 0.415. The molecule has 106 valence electrons. The van der Waals surface area contributed by atoms with Gasteiger partial charge in [-0.1, -0.05) is 75.7 Å². The Kier molecular flexibility index (Phi) is 5.23.